The molecule has 0 spiro atoms. The first-order chi connectivity index (χ1) is 30.1. The lowest BCUT2D eigenvalue weighted by molar-refractivity contribution is -0.275. The molecule has 65 heavy (non-hydrogen) atoms. The number of hydrogen-bond acceptors (Lipinski definition) is 12. The number of terminal acetylenes is 1. The fraction of sp³-hybridized carbons (Fsp3) is 0.395. The molecule has 0 aliphatic heterocycles. The number of likely N-dealkylation sites (N-methyl/N-ethyl adjacent to an activating group) is 2. The lowest BCUT2D eigenvalue weighted by atomic mass is 10.1. The van der Waals surface area contributed by atoms with Crippen molar-refractivity contribution in [2.24, 2.45) is 0 Å². The van der Waals surface area contributed by atoms with Gasteiger partial charge in [0.05, 0.1) is 11.8 Å². The number of methoxy groups -OCH3 is 2. The molecule has 0 aliphatic carbocycles. The van der Waals surface area contributed by atoms with Crippen molar-refractivity contribution in [1.29, 1.82) is 5.26 Å². The van der Waals surface area contributed by atoms with Gasteiger partial charge in [0.1, 0.15) is 29.1 Å². The Morgan fingerprint density at radius 3 is 1.57 bits per heavy atom. The fourth-order valence-corrected chi connectivity index (χ4v) is 4.56. The van der Waals surface area contributed by atoms with Gasteiger partial charge in [-0.2, -0.15) is 10.4 Å². The topological polar surface area (TPSA) is 138 Å². The number of nitrogen functional groups attached to an aromatic ring is 1. The molecule has 0 atom stereocenters. The fourth-order valence-electron chi connectivity index (χ4n) is 4.56. The van der Waals surface area contributed by atoms with Crippen molar-refractivity contribution in [3.63, 3.8) is 0 Å². The van der Waals surface area contributed by atoms with E-state index < -0.39 is 19.1 Å². The first-order valence-corrected chi connectivity index (χ1v) is 18.7. The Morgan fingerprint density at radius 1 is 0.738 bits per heavy atom. The summed E-state index contributed by atoms with van der Waals surface area (Å²) in [5.74, 6) is 1.74. The molecule has 360 valence electrons. The van der Waals surface area contributed by atoms with Crippen LogP contribution in [0.4, 0.5) is 45.3 Å². The van der Waals surface area contributed by atoms with E-state index in [0.717, 1.165) is 13.1 Å². The largest absolute Gasteiger partial charge is 0.573 e. The molecule has 1 heterocycles. The second-order valence-corrected chi connectivity index (χ2v) is 13.9. The Labute approximate surface area is 373 Å². The second-order valence-electron chi connectivity index (χ2n) is 13.9. The Hall–Kier alpha value is -6.17. The zero-order chi connectivity index (χ0) is 50.0. The van der Waals surface area contributed by atoms with Gasteiger partial charge in [0.2, 0.25) is 6.41 Å². The summed E-state index contributed by atoms with van der Waals surface area (Å²) < 4.78 is 129. The first-order valence-electron chi connectivity index (χ1n) is 18.7. The summed E-state index contributed by atoms with van der Waals surface area (Å²) in [5, 5.41) is 15.1. The number of nitrogens with one attached hydrogen (secondary N) is 1. The van der Waals surface area contributed by atoms with Gasteiger partial charge in [-0.15, -0.1) is 51.9 Å². The van der Waals surface area contributed by atoms with Gasteiger partial charge in [-0.25, -0.2) is 0 Å². The molecule has 4 rings (SSSR count). The highest BCUT2D eigenvalue weighted by Gasteiger charge is 2.32. The molecule has 4 aromatic rings. The Bertz CT molecular complexity index is 2050. The summed E-state index contributed by atoms with van der Waals surface area (Å²) >= 11 is 0. The Morgan fingerprint density at radius 2 is 1.20 bits per heavy atom. The van der Waals surface area contributed by atoms with Crippen LogP contribution in [0.2, 0.25) is 0 Å². The summed E-state index contributed by atoms with van der Waals surface area (Å²) in [6, 6.07) is 18.4. The molecule has 0 radical (unpaired) electrons. The van der Waals surface area contributed by atoms with Gasteiger partial charge in [-0.05, 0) is 95.4 Å². The number of hydrogen-bond donors (Lipinski definition) is 2. The molecule has 0 fully saturated rings. The van der Waals surface area contributed by atoms with Gasteiger partial charge in [0, 0.05) is 59.6 Å². The molecule has 3 N–H and O–H groups in total. The number of H-pyrrole nitrogens is 1. The molecule has 22 heteroatoms. The van der Waals surface area contributed by atoms with Crippen LogP contribution in [0, 0.1) is 23.7 Å². The van der Waals surface area contributed by atoms with Crippen molar-refractivity contribution in [3.05, 3.63) is 96.3 Å². The van der Waals surface area contributed by atoms with Crippen LogP contribution in [0.25, 0.3) is 16.7 Å². The van der Waals surface area contributed by atoms with E-state index in [2.05, 4.69) is 68.3 Å². The normalized spacial score (nSPS) is 11.4. The van der Waals surface area contributed by atoms with Crippen LogP contribution >= 0.6 is 0 Å². The zero-order valence-corrected chi connectivity index (χ0v) is 37.6. The minimum atomic E-state index is -4.74. The van der Waals surface area contributed by atoms with E-state index in [1.165, 1.54) is 67.0 Å². The van der Waals surface area contributed by atoms with Gasteiger partial charge < -0.3 is 44.1 Å². The van der Waals surface area contributed by atoms with Gasteiger partial charge in [-0.3, -0.25) is 10.00 Å². The van der Waals surface area contributed by atoms with E-state index in [1.807, 2.05) is 25.1 Å². The average Bonchev–Trinajstić information content (AvgIpc) is 3.61. The van der Waals surface area contributed by atoms with Gasteiger partial charge >= 0.3 is 19.1 Å². The Balaban J connectivity index is 0.000000818. The predicted molar refractivity (Wildman–Crippen MR) is 230 cm³/mol. The minimum Gasteiger partial charge on any atom is -0.406 e. The lowest BCUT2D eigenvalue weighted by Gasteiger charge is -2.19. The maximum atomic E-state index is 12.1. The average molecular weight is 935 g/mol. The van der Waals surface area contributed by atoms with Crippen LogP contribution in [0.3, 0.4) is 0 Å². The maximum absolute atomic E-state index is 12.1. The number of benzene rings is 3. The molecule has 0 saturated heterocycles. The third kappa shape index (κ3) is 29.0. The summed E-state index contributed by atoms with van der Waals surface area (Å²) in [4.78, 5) is 7.83. The summed E-state index contributed by atoms with van der Waals surface area (Å²) in [6.07, 6.45) is -6.05. The SMILES string of the molecule is C#CCc1cccc(OC(F)(F)F)c1.CN(C)/C=C(\C#N)c1cccc(OC(F)(F)F)c1.CN(C)CCN(C)C.COC(OC)N(C)C.Nc1[nH]ncc1-c1cccc(OC(F)(F)F)c1. The van der Waals surface area contributed by atoms with Crippen LogP contribution in [0.15, 0.2) is 85.2 Å². The molecule has 0 saturated carbocycles. The van der Waals surface area contributed by atoms with E-state index >= 15 is 0 Å². The molecule has 1 aromatic heterocycles. The number of anilines is 1. The van der Waals surface area contributed by atoms with Crippen LogP contribution in [-0.4, -0.2) is 139 Å². The summed E-state index contributed by atoms with van der Waals surface area (Å²) in [6.45, 7) is 2.29. The molecular weight excluding hydrogens is 880 g/mol. The monoisotopic (exact) mass is 934 g/mol. The van der Waals surface area contributed by atoms with Crippen molar-refractivity contribution in [2.45, 2.75) is 31.9 Å². The third-order valence-corrected chi connectivity index (χ3v) is 7.19. The van der Waals surface area contributed by atoms with E-state index in [1.54, 1.807) is 51.4 Å². The van der Waals surface area contributed by atoms with Crippen molar-refractivity contribution >= 4 is 11.4 Å². The lowest BCUT2D eigenvalue weighted by Crippen LogP contribution is -2.30. The molecule has 0 amide bonds. The number of aromatic amines is 1. The van der Waals surface area contributed by atoms with E-state index in [-0.39, 0.29) is 41.5 Å². The van der Waals surface area contributed by atoms with E-state index in [4.69, 9.17) is 26.9 Å². The number of aromatic nitrogens is 2. The van der Waals surface area contributed by atoms with Gasteiger partial charge in [0.15, 0.2) is 0 Å². The van der Waals surface area contributed by atoms with Crippen LogP contribution in [0.1, 0.15) is 11.1 Å². The summed E-state index contributed by atoms with van der Waals surface area (Å²) in [5.41, 5.74) is 7.84. The predicted octanol–water partition coefficient (Wildman–Crippen LogP) is 8.56. The van der Waals surface area contributed by atoms with Crippen molar-refractivity contribution in [2.75, 3.05) is 89.4 Å². The zero-order valence-electron chi connectivity index (χ0n) is 37.6. The molecule has 0 aliphatic rings. The number of rotatable bonds is 13. The summed E-state index contributed by atoms with van der Waals surface area (Å²) in [7, 11) is 18.8. The number of nitrogens with two attached hydrogens (primary N) is 1. The second kappa shape index (κ2) is 29.3. The molecule has 13 nitrogen and oxygen atoms in total. The number of alkyl halides is 9. The standard InChI is InChI=1S/C12H11F3N2O.C10H8F3N3O.C10H7F3O.C6H16N2.C5H13NO2/c1-17(2)8-10(7-16)9-4-3-5-11(6-9)18-12(13,14)15;11-10(12,13)17-7-3-1-2-6(4-7)8-5-15-16-9(8)14;1-2-4-8-5-3-6-9(7-8)14-10(11,12)13;1-7(2)5-6-8(3)4;1-6(2)5(7-3)8-4/h3-6,8H,1-2H3;1-5H,(H3,14,15,16);1,3,5-7H,4H2;5-6H2,1-4H3;5H,1-4H3/b10-8+;;;;. The van der Waals surface area contributed by atoms with Crippen molar-refractivity contribution < 1.29 is 63.2 Å². The van der Waals surface area contributed by atoms with Crippen LogP contribution in [-0.2, 0) is 15.9 Å². The third-order valence-electron chi connectivity index (χ3n) is 7.19. The number of allylic oxidation sites excluding steroid dienone is 1. The molecule has 3 aromatic carbocycles. The number of nitriles is 1. The first kappa shape index (κ1) is 58.8. The van der Waals surface area contributed by atoms with Gasteiger partial charge in [0.25, 0.3) is 0 Å². The Kier molecular flexibility index (Phi) is 26.5. The van der Waals surface area contributed by atoms with Crippen LogP contribution < -0.4 is 19.9 Å². The molecule has 0 bridgehead atoms. The quantitative estimate of drug-likeness (QED) is 0.0575. The van der Waals surface area contributed by atoms with Crippen molar-refractivity contribution in [1.82, 2.24) is 29.8 Å². The molecular formula is C43H55F9N8O5. The number of ether oxygens (including phenoxy) is 5. The molecule has 0 unspecified atom stereocenters. The van der Waals surface area contributed by atoms with Crippen LogP contribution in [0.5, 0.6) is 17.2 Å². The smallest absolute Gasteiger partial charge is 0.406 e. The highest BCUT2D eigenvalue weighted by atomic mass is 19.4. The van der Waals surface area contributed by atoms with Crippen molar-refractivity contribution in [3.8, 4) is 46.8 Å². The van der Waals surface area contributed by atoms with E-state index in [9.17, 15) is 39.5 Å². The number of nitrogens with zero attached hydrogens (tertiary/aromatic N) is 6. The highest BCUT2D eigenvalue weighted by molar-refractivity contribution is 5.77. The number of halogens is 9. The van der Waals surface area contributed by atoms with E-state index in [0.29, 0.717) is 22.3 Å². The highest BCUT2D eigenvalue weighted by Crippen LogP contribution is 2.30. The van der Waals surface area contributed by atoms with Gasteiger partial charge in [-0.1, -0.05) is 36.4 Å². The minimum absolute atomic E-state index is 0.213. The maximum Gasteiger partial charge on any atom is 0.573 e.